The van der Waals surface area contributed by atoms with E-state index in [0.29, 0.717) is 23.2 Å². The summed E-state index contributed by atoms with van der Waals surface area (Å²) < 4.78 is 5.73. The van der Waals surface area contributed by atoms with Crippen LogP contribution in [-0.2, 0) is 9.53 Å². The molecule has 7 nitrogen and oxygen atoms in total. The highest BCUT2D eigenvalue weighted by Crippen LogP contribution is 2.33. The van der Waals surface area contributed by atoms with Gasteiger partial charge in [-0.05, 0) is 28.9 Å². The summed E-state index contributed by atoms with van der Waals surface area (Å²) in [5.74, 6) is -1.01. The van der Waals surface area contributed by atoms with E-state index in [1.807, 2.05) is 4.90 Å². The molecule has 0 aromatic heterocycles. The molecule has 0 saturated carbocycles. The molecule has 108 valence electrons. The molecule has 0 spiro atoms. The SMILES string of the molecule is Cc1cc(N2CCOC(C(=O)O)C2)c(Br)cc1[N+](=O)[O-]. The Morgan fingerprint density at radius 1 is 1.60 bits per heavy atom. The van der Waals surface area contributed by atoms with Crippen LogP contribution in [0.5, 0.6) is 0 Å². The topological polar surface area (TPSA) is 92.9 Å². The van der Waals surface area contributed by atoms with E-state index >= 15 is 0 Å². The van der Waals surface area contributed by atoms with E-state index in [9.17, 15) is 14.9 Å². The third-order valence-electron chi connectivity index (χ3n) is 3.14. The van der Waals surface area contributed by atoms with Gasteiger partial charge < -0.3 is 14.7 Å². The van der Waals surface area contributed by atoms with Gasteiger partial charge in [0.05, 0.1) is 23.8 Å². The van der Waals surface area contributed by atoms with Crippen LogP contribution in [0.1, 0.15) is 5.56 Å². The van der Waals surface area contributed by atoms with Crippen LogP contribution < -0.4 is 4.90 Å². The summed E-state index contributed by atoms with van der Waals surface area (Å²) in [6.45, 7) is 2.72. The number of hydrogen-bond donors (Lipinski definition) is 1. The summed E-state index contributed by atoms with van der Waals surface area (Å²) in [7, 11) is 0. The van der Waals surface area contributed by atoms with Gasteiger partial charge in [-0.3, -0.25) is 10.1 Å². The van der Waals surface area contributed by atoms with Crippen LogP contribution in [0.25, 0.3) is 0 Å². The van der Waals surface area contributed by atoms with E-state index in [1.165, 1.54) is 6.07 Å². The van der Waals surface area contributed by atoms with Crippen LogP contribution in [-0.4, -0.2) is 41.8 Å². The Kier molecular flexibility index (Phi) is 4.24. The fourth-order valence-corrected chi connectivity index (χ4v) is 2.69. The first-order valence-electron chi connectivity index (χ1n) is 5.94. The molecule has 1 atom stereocenters. The number of benzene rings is 1. The molecule has 0 aliphatic carbocycles. The number of rotatable bonds is 3. The van der Waals surface area contributed by atoms with Crippen molar-refractivity contribution < 1.29 is 19.6 Å². The van der Waals surface area contributed by atoms with Gasteiger partial charge in [0.1, 0.15) is 0 Å². The lowest BCUT2D eigenvalue weighted by molar-refractivity contribution is -0.385. The highest BCUT2D eigenvalue weighted by atomic mass is 79.9. The first kappa shape index (κ1) is 14.7. The van der Waals surface area contributed by atoms with Crippen molar-refractivity contribution in [3.63, 3.8) is 0 Å². The van der Waals surface area contributed by atoms with Gasteiger partial charge in [-0.25, -0.2) is 4.79 Å². The molecule has 8 heteroatoms. The van der Waals surface area contributed by atoms with Crippen LogP contribution in [0.15, 0.2) is 16.6 Å². The van der Waals surface area contributed by atoms with Gasteiger partial charge in [0.25, 0.3) is 5.69 Å². The number of aliphatic carboxylic acids is 1. The smallest absolute Gasteiger partial charge is 0.334 e. The fourth-order valence-electron chi connectivity index (χ4n) is 2.11. The number of morpholine rings is 1. The minimum Gasteiger partial charge on any atom is -0.479 e. The van der Waals surface area contributed by atoms with Crippen LogP contribution in [0.4, 0.5) is 11.4 Å². The molecule has 0 bridgehead atoms. The fraction of sp³-hybridized carbons (Fsp3) is 0.417. The normalized spacial score (nSPS) is 18.9. The van der Waals surface area contributed by atoms with E-state index < -0.39 is 17.0 Å². The monoisotopic (exact) mass is 344 g/mol. The number of hydrogen-bond acceptors (Lipinski definition) is 5. The van der Waals surface area contributed by atoms with Gasteiger partial charge in [-0.1, -0.05) is 0 Å². The third kappa shape index (κ3) is 2.91. The average Bonchev–Trinajstić information content (AvgIpc) is 2.40. The zero-order valence-corrected chi connectivity index (χ0v) is 12.3. The summed E-state index contributed by atoms with van der Waals surface area (Å²) in [5.41, 5.74) is 1.30. The lowest BCUT2D eigenvalue weighted by atomic mass is 10.1. The molecule has 0 amide bonds. The van der Waals surface area contributed by atoms with Crippen molar-refractivity contribution in [3.8, 4) is 0 Å². The first-order valence-corrected chi connectivity index (χ1v) is 6.73. The highest BCUT2D eigenvalue weighted by molar-refractivity contribution is 9.10. The number of aryl methyl sites for hydroxylation is 1. The van der Waals surface area contributed by atoms with Crippen molar-refractivity contribution in [3.05, 3.63) is 32.3 Å². The maximum absolute atomic E-state index is 11.0. The maximum atomic E-state index is 11.0. The summed E-state index contributed by atoms with van der Waals surface area (Å²) in [5, 5.41) is 19.9. The number of carboxylic acids is 1. The zero-order chi connectivity index (χ0) is 14.9. The van der Waals surface area contributed by atoms with Crippen LogP contribution in [0.2, 0.25) is 0 Å². The number of nitro groups is 1. The first-order chi connectivity index (χ1) is 9.40. The van der Waals surface area contributed by atoms with Gasteiger partial charge in [-0.2, -0.15) is 0 Å². The average molecular weight is 345 g/mol. The number of nitro benzene ring substituents is 1. The Hall–Kier alpha value is -1.67. The molecule has 1 saturated heterocycles. The van der Waals surface area contributed by atoms with Crippen LogP contribution >= 0.6 is 15.9 Å². The van der Waals surface area contributed by atoms with Gasteiger partial charge in [-0.15, -0.1) is 0 Å². The van der Waals surface area contributed by atoms with E-state index in [1.54, 1.807) is 13.0 Å². The maximum Gasteiger partial charge on any atom is 0.334 e. The van der Waals surface area contributed by atoms with Crippen molar-refractivity contribution >= 4 is 33.3 Å². The van der Waals surface area contributed by atoms with Gasteiger partial charge in [0.2, 0.25) is 0 Å². The minimum atomic E-state index is -1.01. The highest BCUT2D eigenvalue weighted by Gasteiger charge is 2.28. The summed E-state index contributed by atoms with van der Waals surface area (Å²) in [4.78, 5) is 23.3. The number of halogens is 1. The predicted octanol–water partition coefficient (Wildman–Crippen LogP) is 1.96. The van der Waals surface area contributed by atoms with Crippen molar-refractivity contribution in [1.82, 2.24) is 0 Å². The predicted molar refractivity (Wildman–Crippen MR) is 75.1 cm³/mol. The second-order valence-corrected chi connectivity index (χ2v) is 5.35. The molecule has 1 N–H and O–H groups in total. The Morgan fingerprint density at radius 3 is 2.90 bits per heavy atom. The Balaban J connectivity index is 2.31. The molecule has 1 aliphatic heterocycles. The standard InChI is InChI=1S/C12H13BrN2O5/c1-7-4-10(8(13)5-9(7)15(18)19)14-2-3-20-11(6-14)12(16)17/h4-5,11H,2-3,6H2,1H3,(H,16,17). The molecule has 1 unspecified atom stereocenters. The van der Waals surface area contributed by atoms with E-state index in [2.05, 4.69) is 15.9 Å². The van der Waals surface area contributed by atoms with Gasteiger partial charge in [0, 0.05) is 22.6 Å². The molecule has 1 fully saturated rings. The van der Waals surface area contributed by atoms with Crippen LogP contribution in [0, 0.1) is 17.0 Å². The summed E-state index contributed by atoms with van der Waals surface area (Å²) in [6.07, 6.45) is -0.883. The van der Waals surface area contributed by atoms with Gasteiger partial charge in [0.15, 0.2) is 6.10 Å². The Bertz CT molecular complexity index is 563. The lowest BCUT2D eigenvalue weighted by Gasteiger charge is -2.33. The largest absolute Gasteiger partial charge is 0.479 e. The molecule has 1 aromatic carbocycles. The number of ether oxygens (including phenoxy) is 1. The zero-order valence-electron chi connectivity index (χ0n) is 10.7. The quantitative estimate of drug-likeness (QED) is 0.665. The number of carboxylic acid groups (broad SMARTS) is 1. The second-order valence-electron chi connectivity index (χ2n) is 4.49. The van der Waals surface area contributed by atoms with Crippen LogP contribution in [0.3, 0.4) is 0 Å². The third-order valence-corrected chi connectivity index (χ3v) is 3.78. The molecular weight excluding hydrogens is 332 g/mol. The number of carbonyl (C=O) groups is 1. The minimum absolute atomic E-state index is 0.0312. The number of anilines is 1. The molecular formula is C12H13BrN2O5. The molecule has 1 aliphatic rings. The van der Waals surface area contributed by atoms with E-state index in [-0.39, 0.29) is 12.2 Å². The van der Waals surface area contributed by atoms with Crippen molar-refractivity contribution in [2.45, 2.75) is 13.0 Å². The van der Waals surface area contributed by atoms with E-state index in [0.717, 1.165) is 5.69 Å². The molecule has 1 heterocycles. The Morgan fingerprint density at radius 2 is 2.30 bits per heavy atom. The molecule has 1 aromatic rings. The second kappa shape index (κ2) is 5.76. The lowest BCUT2D eigenvalue weighted by Crippen LogP contribution is -2.46. The number of nitrogens with zero attached hydrogens (tertiary/aromatic N) is 2. The summed E-state index contributed by atoms with van der Waals surface area (Å²) in [6, 6.07) is 3.13. The van der Waals surface area contributed by atoms with Crippen molar-refractivity contribution in [2.24, 2.45) is 0 Å². The summed E-state index contributed by atoms with van der Waals surface area (Å²) >= 11 is 3.31. The van der Waals surface area contributed by atoms with Crippen molar-refractivity contribution in [2.75, 3.05) is 24.6 Å². The van der Waals surface area contributed by atoms with Gasteiger partial charge >= 0.3 is 5.97 Å². The Labute approximate surface area is 123 Å². The molecule has 2 rings (SSSR count). The van der Waals surface area contributed by atoms with E-state index in [4.69, 9.17) is 9.84 Å². The molecule has 20 heavy (non-hydrogen) atoms. The molecule has 0 radical (unpaired) electrons. The van der Waals surface area contributed by atoms with Crippen molar-refractivity contribution in [1.29, 1.82) is 0 Å².